The number of nitrogens with zero attached hydrogens (tertiary/aromatic N) is 2. The summed E-state index contributed by atoms with van der Waals surface area (Å²) in [5, 5.41) is 15.0. The van der Waals surface area contributed by atoms with Gasteiger partial charge in [0, 0.05) is 29.0 Å². The lowest BCUT2D eigenvalue weighted by molar-refractivity contribution is 0.0958. The summed E-state index contributed by atoms with van der Waals surface area (Å²) in [4.78, 5) is 11.9. The molecule has 2 rings (SSSR count). The third-order valence-electron chi connectivity index (χ3n) is 3.13. The Hall–Kier alpha value is -3.59. The van der Waals surface area contributed by atoms with E-state index in [1.54, 1.807) is 42.5 Å². The fourth-order valence-corrected chi connectivity index (χ4v) is 1.98. The fourth-order valence-electron chi connectivity index (χ4n) is 1.98. The van der Waals surface area contributed by atoms with E-state index in [1.165, 1.54) is 6.20 Å². The van der Waals surface area contributed by atoms with Gasteiger partial charge in [-0.2, -0.15) is 5.26 Å². The molecule has 0 fully saturated rings. The van der Waals surface area contributed by atoms with Crippen LogP contribution in [0.4, 0.5) is 0 Å². The summed E-state index contributed by atoms with van der Waals surface area (Å²) in [6.45, 7) is 3.56. The molecule has 1 heterocycles. The molecule has 0 saturated carbocycles. The lowest BCUT2D eigenvalue weighted by Crippen LogP contribution is -2.23. The molecule has 2 aromatic rings. The van der Waals surface area contributed by atoms with Crippen LogP contribution in [-0.4, -0.2) is 17.6 Å². The Balaban J connectivity index is 2.27. The molecule has 0 aliphatic carbocycles. The van der Waals surface area contributed by atoms with Gasteiger partial charge in [0.25, 0.3) is 5.91 Å². The van der Waals surface area contributed by atoms with Crippen molar-refractivity contribution in [2.75, 3.05) is 6.54 Å². The summed E-state index contributed by atoms with van der Waals surface area (Å²) in [7, 11) is 0. The van der Waals surface area contributed by atoms with Gasteiger partial charge < -0.3 is 15.6 Å². The van der Waals surface area contributed by atoms with Gasteiger partial charge in [-0.3, -0.25) is 4.79 Å². The van der Waals surface area contributed by atoms with E-state index in [2.05, 4.69) is 17.1 Å². The number of aromatic nitrogens is 1. The Labute approximate surface area is 139 Å². The molecule has 0 radical (unpaired) electrons. The van der Waals surface area contributed by atoms with E-state index >= 15 is 0 Å². The zero-order valence-corrected chi connectivity index (χ0v) is 12.9. The Morgan fingerprint density at radius 1 is 1.46 bits per heavy atom. The molecule has 1 aromatic heterocycles. The van der Waals surface area contributed by atoms with Crippen LogP contribution in [0.1, 0.15) is 16.1 Å². The number of allylic oxidation sites excluding steroid dienone is 4. The molecule has 3 N–H and O–H groups in total. The third-order valence-corrected chi connectivity index (χ3v) is 3.13. The number of hydrogen-bond acceptors (Lipinski definition) is 5. The summed E-state index contributed by atoms with van der Waals surface area (Å²) >= 11 is 0. The molecule has 6 nitrogen and oxygen atoms in total. The van der Waals surface area contributed by atoms with Gasteiger partial charge in [-0.15, -0.1) is 0 Å². The van der Waals surface area contributed by atoms with Crippen LogP contribution in [0.2, 0.25) is 0 Å². The van der Waals surface area contributed by atoms with Gasteiger partial charge in [0.05, 0.1) is 6.07 Å². The number of rotatable bonds is 6. The highest BCUT2D eigenvalue weighted by Crippen LogP contribution is 2.24. The Kier molecular flexibility index (Phi) is 5.70. The zero-order valence-electron chi connectivity index (χ0n) is 12.9. The first kappa shape index (κ1) is 16.8. The molecule has 24 heavy (non-hydrogen) atoms. The number of carbonyl (C=O) groups is 1. The first-order valence-electron chi connectivity index (χ1n) is 7.13. The first-order valence-corrected chi connectivity index (χ1v) is 7.13. The van der Waals surface area contributed by atoms with Crippen LogP contribution < -0.4 is 11.1 Å². The van der Waals surface area contributed by atoms with Crippen molar-refractivity contribution in [3.63, 3.8) is 0 Å². The Morgan fingerprint density at radius 3 is 3.00 bits per heavy atom. The topological polar surface area (TPSA) is 105 Å². The van der Waals surface area contributed by atoms with E-state index in [9.17, 15) is 4.79 Å². The third kappa shape index (κ3) is 3.99. The highest BCUT2D eigenvalue weighted by Gasteiger charge is 2.11. The summed E-state index contributed by atoms with van der Waals surface area (Å²) < 4.78 is 5.31. The predicted octanol–water partition coefficient (Wildman–Crippen LogP) is 2.64. The first-order chi connectivity index (χ1) is 11.7. The molecule has 1 amide bonds. The molecule has 120 valence electrons. The van der Waals surface area contributed by atoms with E-state index < -0.39 is 0 Å². The number of hydrogen-bond donors (Lipinski definition) is 2. The summed E-state index contributed by atoms with van der Waals surface area (Å²) in [5.41, 5.74) is 7.99. The van der Waals surface area contributed by atoms with Crippen molar-refractivity contribution in [1.82, 2.24) is 10.5 Å². The van der Waals surface area contributed by atoms with E-state index in [0.29, 0.717) is 22.6 Å². The van der Waals surface area contributed by atoms with Crippen molar-refractivity contribution >= 4 is 11.5 Å². The van der Waals surface area contributed by atoms with Crippen molar-refractivity contribution in [1.29, 1.82) is 5.26 Å². The molecule has 1 aromatic carbocycles. The standard InChI is InChI=1S/C18H16N4O2/c1-2-3-5-15(12-20)17-11-16(22-24-17)13-6-4-7-14(10-13)18(23)21-9-8-19/h2-7,10-12H,1,9,20H2,(H,21,23)/b5-3-,15-12+. The van der Waals surface area contributed by atoms with Crippen molar-refractivity contribution in [3.05, 3.63) is 72.7 Å². The lowest BCUT2D eigenvalue weighted by atomic mass is 10.1. The van der Waals surface area contributed by atoms with Crippen molar-refractivity contribution in [2.24, 2.45) is 5.73 Å². The van der Waals surface area contributed by atoms with Crippen molar-refractivity contribution in [2.45, 2.75) is 0 Å². The molecule has 0 unspecified atom stereocenters. The number of nitrogens with one attached hydrogen (secondary N) is 1. The molecule has 0 aliphatic heterocycles. The summed E-state index contributed by atoms with van der Waals surface area (Å²) in [6.07, 6.45) is 6.53. The highest BCUT2D eigenvalue weighted by atomic mass is 16.5. The van der Waals surface area contributed by atoms with Crippen LogP contribution in [0, 0.1) is 11.3 Å². The van der Waals surface area contributed by atoms with Crippen LogP contribution in [0.5, 0.6) is 0 Å². The fraction of sp³-hybridized carbons (Fsp3) is 0.0556. The second-order valence-electron chi connectivity index (χ2n) is 4.71. The minimum Gasteiger partial charge on any atom is -0.404 e. The van der Waals surface area contributed by atoms with Crippen LogP contribution >= 0.6 is 0 Å². The lowest BCUT2D eigenvalue weighted by Gasteiger charge is -2.02. The average molecular weight is 320 g/mol. The van der Waals surface area contributed by atoms with E-state index in [4.69, 9.17) is 15.5 Å². The maximum atomic E-state index is 11.9. The van der Waals surface area contributed by atoms with Gasteiger partial charge in [0.15, 0.2) is 5.76 Å². The van der Waals surface area contributed by atoms with Gasteiger partial charge in [0.1, 0.15) is 12.2 Å². The van der Waals surface area contributed by atoms with E-state index in [-0.39, 0.29) is 12.5 Å². The molecule has 0 aliphatic rings. The summed E-state index contributed by atoms with van der Waals surface area (Å²) in [6, 6.07) is 10.5. The largest absolute Gasteiger partial charge is 0.404 e. The van der Waals surface area contributed by atoms with Gasteiger partial charge in [0.2, 0.25) is 0 Å². The molecule has 6 heteroatoms. The highest BCUT2D eigenvalue weighted by molar-refractivity contribution is 5.95. The monoisotopic (exact) mass is 320 g/mol. The summed E-state index contributed by atoms with van der Waals surface area (Å²) in [5.74, 6) is 0.184. The maximum absolute atomic E-state index is 11.9. The molecule has 0 atom stereocenters. The van der Waals surface area contributed by atoms with Crippen molar-refractivity contribution < 1.29 is 9.32 Å². The normalized spacial score (nSPS) is 11.2. The van der Waals surface area contributed by atoms with Crippen molar-refractivity contribution in [3.8, 4) is 17.3 Å². The average Bonchev–Trinajstić information content (AvgIpc) is 3.10. The predicted molar refractivity (Wildman–Crippen MR) is 91.4 cm³/mol. The van der Waals surface area contributed by atoms with Crippen LogP contribution in [-0.2, 0) is 0 Å². The Bertz CT molecular complexity index is 841. The molecular formula is C18H16N4O2. The van der Waals surface area contributed by atoms with Crippen LogP contribution in [0.3, 0.4) is 0 Å². The minimum absolute atomic E-state index is 0.0442. The zero-order chi connectivity index (χ0) is 17.4. The van der Waals surface area contributed by atoms with E-state index in [1.807, 2.05) is 12.1 Å². The van der Waals surface area contributed by atoms with Crippen LogP contribution in [0.25, 0.3) is 16.8 Å². The SMILES string of the molecule is C=C/C=C\C(=C/N)c1cc(-c2cccc(C(=O)NCC#N)c2)no1. The molecule has 0 bridgehead atoms. The number of nitrogens with two attached hydrogens (primary N) is 1. The Morgan fingerprint density at radius 2 is 2.29 bits per heavy atom. The molecule has 0 spiro atoms. The quantitative estimate of drug-likeness (QED) is 0.629. The van der Waals surface area contributed by atoms with E-state index in [0.717, 1.165) is 5.56 Å². The molecular weight excluding hydrogens is 304 g/mol. The van der Waals surface area contributed by atoms with Gasteiger partial charge in [-0.25, -0.2) is 0 Å². The van der Waals surface area contributed by atoms with Gasteiger partial charge in [-0.1, -0.05) is 36.0 Å². The number of amides is 1. The second-order valence-corrected chi connectivity index (χ2v) is 4.71. The smallest absolute Gasteiger partial charge is 0.252 e. The molecule has 0 saturated heterocycles. The number of nitriles is 1. The minimum atomic E-state index is -0.321. The van der Waals surface area contributed by atoms with Crippen LogP contribution in [0.15, 0.2) is 65.9 Å². The van der Waals surface area contributed by atoms with Gasteiger partial charge >= 0.3 is 0 Å². The number of carbonyl (C=O) groups excluding carboxylic acids is 1. The van der Waals surface area contributed by atoms with Gasteiger partial charge in [-0.05, 0) is 18.2 Å². The second kappa shape index (κ2) is 8.15. The number of benzene rings is 1. The maximum Gasteiger partial charge on any atom is 0.252 e.